The number of furan rings is 1. The number of benzene rings is 9. The van der Waals surface area contributed by atoms with Gasteiger partial charge in [-0.1, -0.05) is 91.0 Å². The molecule has 0 aliphatic rings. The fourth-order valence-corrected chi connectivity index (χ4v) is 10.0. The Morgan fingerprint density at radius 1 is 0.355 bits per heavy atom. The number of fused-ring (bicyclic) bond motifs is 14. The summed E-state index contributed by atoms with van der Waals surface area (Å²) in [5.74, 6) is 0. The second-order valence-corrected chi connectivity index (χ2v) is 15.9. The van der Waals surface area contributed by atoms with Gasteiger partial charge in [0.1, 0.15) is 11.2 Å². The van der Waals surface area contributed by atoms with Crippen LogP contribution in [0.4, 0.5) is 0 Å². The van der Waals surface area contributed by atoms with Crippen molar-refractivity contribution in [1.29, 1.82) is 10.5 Å². The lowest BCUT2D eigenvalue weighted by Gasteiger charge is -2.13. The van der Waals surface area contributed by atoms with Crippen LogP contribution in [0.3, 0.4) is 0 Å². The van der Waals surface area contributed by atoms with Crippen molar-refractivity contribution in [2.45, 2.75) is 0 Å². The van der Waals surface area contributed by atoms with E-state index in [-0.39, 0.29) is 0 Å². The summed E-state index contributed by atoms with van der Waals surface area (Å²) in [6, 6.07) is 70.1. The molecule has 0 saturated heterocycles. The molecule has 6 nitrogen and oxygen atoms in total. The summed E-state index contributed by atoms with van der Waals surface area (Å²) < 4.78 is 13.5. The number of nitrogens with zero attached hydrogens (tertiary/aromatic N) is 5. The van der Waals surface area contributed by atoms with Gasteiger partial charge in [-0.2, -0.15) is 10.5 Å². The van der Waals surface area contributed by atoms with E-state index in [0.717, 1.165) is 83.0 Å². The number of hydrogen-bond donors (Lipinski definition) is 0. The molecule has 0 unspecified atom stereocenters. The van der Waals surface area contributed by atoms with Crippen molar-refractivity contribution in [3.63, 3.8) is 0 Å². The van der Waals surface area contributed by atoms with Crippen LogP contribution in [0.1, 0.15) is 11.1 Å². The lowest BCUT2D eigenvalue weighted by Crippen LogP contribution is -1.97. The van der Waals surface area contributed by atoms with Crippen LogP contribution in [0, 0.1) is 22.7 Å². The number of hydrogen-bond acceptors (Lipinski definition) is 3. The largest absolute Gasteiger partial charge is 0.455 e. The summed E-state index contributed by atoms with van der Waals surface area (Å²) in [6.45, 7) is 0. The Labute approximate surface area is 354 Å². The predicted octanol–water partition coefficient (Wildman–Crippen LogP) is 14.3. The molecule has 0 radical (unpaired) electrons. The zero-order chi connectivity index (χ0) is 41.1. The minimum Gasteiger partial charge on any atom is -0.455 e. The smallest absolute Gasteiger partial charge is 0.145 e. The standard InChI is InChI=1S/C56H31N5O/c57-32-34-18-25-49-46(30-34)54-51(27-24-44-42-13-6-9-17-52(42)62-56(44)54)60(49)40-29-35(33-58)28-37(31-40)36-19-21-39(22-20-36)59-48-16-8-5-14-45(48)53-50(59)26-23-43-41-12-4-7-15-47(41)61(55(43)53)38-10-2-1-3-11-38/h1-31H. The van der Waals surface area contributed by atoms with Crippen molar-refractivity contribution < 1.29 is 4.42 Å². The average Bonchev–Trinajstić information content (AvgIpc) is 4.07. The van der Waals surface area contributed by atoms with E-state index in [1.807, 2.05) is 48.5 Å². The predicted molar refractivity (Wildman–Crippen MR) is 252 cm³/mol. The van der Waals surface area contributed by atoms with E-state index in [2.05, 4.69) is 165 Å². The van der Waals surface area contributed by atoms with Crippen LogP contribution < -0.4 is 0 Å². The van der Waals surface area contributed by atoms with Gasteiger partial charge in [0.2, 0.25) is 0 Å². The Kier molecular flexibility index (Phi) is 7.05. The first-order valence-corrected chi connectivity index (χ1v) is 20.6. The van der Waals surface area contributed by atoms with Gasteiger partial charge in [-0.3, -0.25) is 0 Å². The molecule has 286 valence electrons. The summed E-state index contributed by atoms with van der Waals surface area (Å²) in [7, 11) is 0. The van der Waals surface area contributed by atoms with Crippen molar-refractivity contribution in [2.75, 3.05) is 0 Å². The van der Waals surface area contributed by atoms with Crippen molar-refractivity contribution in [1.82, 2.24) is 13.7 Å². The minimum atomic E-state index is 0.551. The van der Waals surface area contributed by atoms with Gasteiger partial charge < -0.3 is 18.1 Å². The van der Waals surface area contributed by atoms with Crippen molar-refractivity contribution in [2.24, 2.45) is 0 Å². The Balaban J connectivity index is 0.994. The van der Waals surface area contributed by atoms with Crippen molar-refractivity contribution in [3.8, 4) is 40.3 Å². The topological polar surface area (TPSA) is 75.5 Å². The minimum absolute atomic E-state index is 0.551. The highest BCUT2D eigenvalue weighted by Gasteiger charge is 2.22. The normalized spacial score (nSPS) is 11.8. The number of rotatable bonds is 4. The van der Waals surface area contributed by atoms with Crippen LogP contribution in [0.15, 0.2) is 192 Å². The van der Waals surface area contributed by atoms with Gasteiger partial charge in [0, 0.05) is 54.8 Å². The Morgan fingerprint density at radius 3 is 1.76 bits per heavy atom. The summed E-state index contributed by atoms with van der Waals surface area (Å²) in [5.41, 5.74) is 14.1. The summed E-state index contributed by atoms with van der Waals surface area (Å²) >= 11 is 0. The van der Waals surface area contributed by atoms with Crippen LogP contribution >= 0.6 is 0 Å². The third kappa shape index (κ3) is 4.72. The molecule has 0 spiro atoms. The highest BCUT2D eigenvalue weighted by molar-refractivity contribution is 6.26. The van der Waals surface area contributed by atoms with Crippen LogP contribution in [0.2, 0.25) is 0 Å². The Bertz CT molecular complexity index is 4110. The van der Waals surface area contributed by atoms with E-state index in [1.54, 1.807) is 0 Å². The molecule has 13 rings (SSSR count). The average molecular weight is 790 g/mol. The fourth-order valence-electron chi connectivity index (χ4n) is 10.0. The molecule has 0 atom stereocenters. The van der Waals surface area contributed by atoms with Gasteiger partial charge in [-0.05, 0) is 108 Å². The molecular weight excluding hydrogens is 759 g/mol. The zero-order valence-electron chi connectivity index (χ0n) is 33.0. The molecule has 6 heteroatoms. The monoisotopic (exact) mass is 789 g/mol. The van der Waals surface area contributed by atoms with Crippen LogP contribution in [-0.2, 0) is 0 Å². The molecule has 13 aromatic rings. The lowest BCUT2D eigenvalue weighted by atomic mass is 10.0. The molecule has 0 saturated carbocycles. The number of aromatic nitrogens is 3. The van der Waals surface area contributed by atoms with E-state index in [4.69, 9.17) is 4.42 Å². The molecule has 0 N–H and O–H groups in total. The molecule has 0 aliphatic heterocycles. The number of nitriles is 2. The molecule has 62 heavy (non-hydrogen) atoms. The maximum atomic E-state index is 10.4. The van der Waals surface area contributed by atoms with Crippen molar-refractivity contribution in [3.05, 3.63) is 199 Å². The maximum Gasteiger partial charge on any atom is 0.145 e. The van der Waals surface area contributed by atoms with Crippen molar-refractivity contribution >= 4 is 87.4 Å². The summed E-state index contributed by atoms with van der Waals surface area (Å²) in [4.78, 5) is 0. The fraction of sp³-hybridized carbons (Fsp3) is 0. The van der Waals surface area contributed by atoms with Crippen LogP contribution in [0.5, 0.6) is 0 Å². The molecule has 0 fully saturated rings. The van der Waals surface area contributed by atoms with E-state index in [1.165, 1.54) is 32.6 Å². The first kappa shape index (κ1) is 34.1. The maximum absolute atomic E-state index is 10.4. The summed E-state index contributed by atoms with van der Waals surface area (Å²) in [5, 5.41) is 29.1. The van der Waals surface area contributed by atoms with Gasteiger partial charge in [-0.15, -0.1) is 0 Å². The zero-order valence-corrected chi connectivity index (χ0v) is 33.0. The van der Waals surface area contributed by atoms with Gasteiger partial charge in [-0.25, -0.2) is 0 Å². The SMILES string of the molecule is N#Cc1cc(-c2ccc(-n3c4ccccc4c4c3ccc3c5ccccc5n(-c5ccccc5)c34)cc2)cc(-n2c3ccc(C#N)cc3c3c4oc5ccccc5c4ccc32)c1. The molecule has 9 aromatic carbocycles. The van der Waals surface area contributed by atoms with Gasteiger partial charge in [0.15, 0.2) is 0 Å². The van der Waals surface area contributed by atoms with E-state index in [0.29, 0.717) is 11.1 Å². The molecular formula is C56H31N5O. The highest BCUT2D eigenvalue weighted by atomic mass is 16.3. The molecule has 0 amide bonds. The second-order valence-electron chi connectivity index (χ2n) is 15.9. The summed E-state index contributed by atoms with van der Waals surface area (Å²) in [6.07, 6.45) is 0. The van der Waals surface area contributed by atoms with Gasteiger partial charge in [0.05, 0.1) is 61.8 Å². The number of para-hydroxylation sites is 4. The third-order valence-electron chi connectivity index (χ3n) is 12.6. The molecule has 0 bridgehead atoms. The van der Waals surface area contributed by atoms with Gasteiger partial charge in [0.25, 0.3) is 0 Å². The molecule has 4 aromatic heterocycles. The Hall–Kier alpha value is -8.84. The third-order valence-corrected chi connectivity index (χ3v) is 12.6. The highest BCUT2D eigenvalue weighted by Crippen LogP contribution is 2.44. The van der Waals surface area contributed by atoms with Gasteiger partial charge >= 0.3 is 0 Å². The van der Waals surface area contributed by atoms with E-state index < -0.39 is 0 Å². The Morgan fingerprint density at radius 2 is 0.968 bits per heavy atom. The van der Waals surface area contributed by atoms with E-state index >= 15 is 0 Å². The van der Waals surface area contributed by atoms with Crippen LogP contribution in [0.25, 0.3) is 116 Å². The molecule has 0 aliphatic carbocycles. The first-order chi connectivity index (χ1) is 30.7. The van der Waals surface area contributed by atoms with Crippen LogP contribution in [-0.4, -0.2) is 13.7 Å². The lowest BCUT2D eigenvalue weighted by molar-refractivity contribution is 0.673. The first-order valence-electron chi connectivity index (χ1n) is 20.6. The van der Waals surface area contributed by atoms with E-state index in [9.17, 15) is 10.5 Å². The molecule has 4 heterocycles. The quantitative estimate of drug-likeness (QED) is 0.178. The second kappa shape index (κ2) is 12.8.